The summed E-state index contributed by atoms with van der Waals surface area (Å²) in [5.41, 5.74) is 6.68. The highest BCUT2D eigenvalue weighted by molar-refractivity contribution is 7.17. The molecule has 0 bridgehead atoms. The summed E-state index contributed by atoms with van der Waals surface area (Å²) >= 11 is 1.31. The molecule has 0 saturated carbocycles. The first-order valence-electron chi connectivity index (χ1n) is 6.64. The summed E-state index contributed by atoms with van der Waals surface area (Å²) in [7, 11) is 1.57. The van der Waals surface area contributed by atoms with Crippen LogP contribution in [-0.2, 0) is 0 Å². The lowest BCUT2D eigenvalue weighted by atomic mass is 10.2. The van der Waals surface area contributed by atoms with E-state index in [0.717, 1.165) is 37.7 Å². The molecule has 1 aliphatic rings. The summed E-state index contributed by atoms with van der Waals surface area (Å²) in [5, 5.41) is 12.5. The van der Waals surface area contributed by atoms with Gasteiger partial charge in [0.05, 0.1) is 11.3 Å². The molecule has 1 saturated heterocycles. The summed E-state index contributed by atoms with van der Waals surface area (Å²) in [6, 6.07) is 2.07. The highest BCUT2D eigenvalue weighted by atomic mass is 32.1. The molecule has 1 amide bonds. The fourth-order valence-electron chi connectivity index (χ4n) is 2.35. The van der Waals surface area contributed by atoms with E-state index in [1.807, 2.05) is 0 Å². The predicted molar refractivity (Wildman–Crippen MR) is 81.2 cm³/mol. The SMILES string of the molecule is CCN1CCN(c2sc(C#N)c(N)c2C(=O)NC)CC1. The van der Waals surface area contributed by atoms with E-state index in [9.17, 15) is 4.79 Å². The molecule has 3 N–H and O–H groups in total. The summed E-state index contributed by atoms with van der Waals surface area (Å²) in [5.74, 6) is -0.229. The number of nitrogen functional groups attached to an aromatic ring is 1. The molecule has 1 fully saturated rings. The van der Waals surface area contributed by atoms with E-state index in [0.29, 0.717) is 16.1 Å². The van der Waals surface area contributed by atoms with E-state index < -0.39 is 0 Å². The van der Waals surface area contributed by atoms with Crippen LogP contribution in [0.1, 0.15) is 22.2 Å². The van der Waals surface area contributed by atoms with Crippen molar-refractivity contribution in [3.8, 4) is 6.07 Å². The van der Waals surface area contributed by atoms with Gasteiger partial charge in [0, 0.05) is 33.2 Å². The largest absolute Gasteiger partial charge is 0.396 e. The minimum atomic E-state index is -0.229. The van der Waals surface area contributed by atoms with Crippen LogP contribution in [0, 0.1) is 11.3 Å². The molecule has 0 unspecified atom stereocenters. The predicted octanol–water partition coefficient (Wildman–Crippen LogP) is 0.703. The van der Waals surface area contributed by atoms with Gasteiger partial charge >= 0.3 is 0 Å². The molecular weight excluding hydrogens is 274 g/mol. The molecule has 108 valence electrons. The Labute approximate surface area is 122 Å². The van der Waals surface area contributed by atoms with Gasteiger partial charge in [0.2, 0.25) is 0 Å². The smallest absolute Gasteiger partial charge is 0.256 e. The van der Waals surface area contributed by atoms with Crippen molar-refractivity contribution < 1.29 is 4.79 Å². The Morgan fingerprint density at radius 2 is 2.10 bits per heavy atom. The van der Waals surface area contributed by atoms with Crippen LogP contribution in [0.2, 0.25) is 0 Å². The molecule has 2 rings (SSSR count). The van der Waals surface area contributed by atoms with Crippen LogP contribution in [0.15, 0.2) is 0 Å². The lowest BCUT2D eigenvalue weighted by Crippen LogP contribution is -2.46. The second kappa shape index (κ2) is 6.11. The van der Waals surface area contributed by atoms with Gasteiger partial charge in [-0.1, -0.05) is 6.92 Å². The zero-order valence-corrected chi connectivity index (χ0v) is 12.6. The highest BCUT2D eigenvalue weighted by Gasteiger charge is 2.27. The molecule has 6 nitrogen and oxygen atoms in total. The van der Waals surface area contributed by atoms with Gasteiger partial charge in [-0.2, -0.15) is 5.26 Å². The molecule has 20 heavy (non-hydrogen) atoms. The number of hydrogen-bond donors (Lipinski definition) is 2. The van der Waals surface area contributed by atoms with Crippen LogP contribution in [0.3, 0.4) is 0 Å². The van der Waals surface area contributed by atoms with Crippen molar-refractivity contribution in [3.05, 3.63) is 10.4 Å². The molecule has 1 aliphatic heterocycles. The van der Waals surface area contributed by atoms with E-state index in [1.165, 1.54) is 11.3 Å². The molecule has 0 aromatic carbocycles. The molecule has 0 atom stereocenters. The number of anilines is 2. The van der Waals surface area contributed by atoms with Crippen LogP contribution < -0.4 is 16.0 Å². The first kappa shape index (κ1) is 14.6. The third-order valence-electron chi connectivity index (χ3n) is 3.59. The number of carbonyl (C=O) groups is 1. The Hall–Kier alpha value is -1.78. The van der Waals surface area contributed by atoms with Crippen molar-refractivity contribution in [1.29, 1.82) is 5.26 Å². The summed E-state index contributed by atoms with van der Waals surface area (Å²) in [4.78, 5) is 16.9. The maximum absolute atomic E-state index is 12.0. The van der Waals surface area contributed by atoms with Crippen LogP contribution >= 0.6 is 11.3 Å². The fraction of sp³-hybridized carbons (Fsp3) is 0.538. The maximum Gasteiger partial charge on any atom is 0.256 e. The van der Waals surface area contributed by atoms with Crippen molar-refractivity contribution in [2.45, 2.75) is 6.92 Å². The molecule has 0 aliphatic carbocycles. The van der Waals surface area contributed by atoms with E-state index in [-0.39, 0.29) is 5.91 Å². The number of likely N-dealkylation sites (N-methyl/N-ethyl adjacent to an activating group) is 1. The molecular formula is C13H19N5OS. The average molecular weight is 293 g/mol. The number of amides is 1. The quantitative estimate of drug-likeness (QED) is 0.857. The number of nitrogens with one attached hydrogen (secondary N) is 1. The van der Waals surface area contributed by atoms with Gasteiger partial charge in [-0.25, -0.2) is 0 Å². The Kier molecular flexibility index (Phi) is 4.47. The number of nitriles is 1. The van der Waals surface area contributed by atoms with E-state index in [1.54, 1.807) is 7.05 Å². The van der Waals surface area contributed by atoms with Crippen molar-refractivity contribution in [1.82, 2.24) is 10.2 Å². The Morgan fingerprint density at radius 1 is 1.45 bits per heavy atom. The Balaban J connectivity index is 2.32. The average Bonchev–Trinajstić information content (AvgIpc) is 2.83. The summed E-state index contributed by atoms with van der Waals surface area (Å²) in [6.07, 6.45) is 0. The Bertz CT molecular complexity index is 540. The number of hydrogen-bond acceptors (Lipinski definition) is 6. The van der Waals surface area contributed by atoms with Gasteiger partial charge < -0.3 is 20.9 Å². The molecule has 1 aromatic heterocycles. The normalized spacial score (nSPS) is 15.9. The molecule has 0 radical (unpaired) electrons. The van der Waals surface area contributed by atoms with Gasteiger partial charge in [-0.05, 0) is 6.54 Å². The van der Waals surface area contributed by atoms with E-state index >= 15 is 0 Å². The van der Waals surface area contributed by atoms with Crippen LogP contribution in [0.5, 0.6) is 0 Å². The molecule has 7 heteroatoms. The topological polar surface area (TPSA) is 85.4 Å². The number of nitrogens with two attached hydrogens (primary N) is 1. The standard InChI is InChI=1S/C13H19N5OS/c1-3-17-4-6-18(7-5-17)13-10(12(19)16-2)11(15)9(8-14)20-13/h3-7,15H2,1-2H3,(H,16,19). The van der Waals surface area contributed by atoms with E-state index in [2.05, 4.69) is 28.1 Å². The number of carbonyl (C=O) groups excluding carboxylic acids is 1. The second-order valence-electron chi connectivity index (χ2n) is 4.64. The first-order chi connectivity index (χ1) is 9.62. The number of rotatable bonds is 3. The highest BCUT2D eigenvalue weighted by Crippen LogP contribution is 2.38. The van der Waals surface area contributed by atoms with Crippen molar-refractivity contribution >= 4 is 27.9 Å². The van der Waals surface area contributed by atoms with Gasteiger partial charge in [-0.3, -0.25) is 4.79 Å². The lowest BCUT2D eigenvalue weighted by molar-refractivity contribution is 0.0964. The molecule has 0 spiro atoms. The van der Waals surface area contributed by atoms with Crippen molar-refractivity contribution in [3.63, 3.8) is 0 Å². The summed E-state index contributed by atoms with van der Waals surface area (Å²) < 4.78 is 0. The maximum atomic E-state index is 12.0. The number of thiophene rings is 1. The van der Waals surface area contributed by atoms with Crippen molar-refractivity contribution in [2.24, 2.45) is 0 Å². The third kappa shape index (κ3) is 2.57. The monoisotopic (exact) mass is 293 g/mol. The third-order valence-corrected chi connectivity index (χ3v) is 4.76. The second-order valence-corrected chi connectivity index (χ2v) is 5.64. The van der Waals surface area contributed by atoms with Gasteiger partial charge in [0.25, 0.3) is 5.91 Å². The summed E-state index contributed by atoms with van der Waals surface area (Å²) in [6.45, 7) is 6.80. The Morgan fingerprint density at radius 3 is 2.60 bits per heavy atom. The molecule has 1 aromatic rings. The lowest BCUT2D eigenvalue weighted by Gasteiger charge is -2.35. The van der Waals surface area contributed by atoms with Gasteiger partial charge in [0.1, 0.15) is 15.9 Å². The zero-order chi connectivity index (χ0) is 14.7. The minimum Gasteiger partial charge on any atom is -0.396 e. The molecule has 2 heterocycles. The fourth-order valence-corrected chi connectivity index (χ4v) is 3.42. The van der Waals surface area contributed by atoms with Crippen LogP contribution in [0.25, 0.3) is 0 Å². The van der Waals surface area contributed by atoms with Crippen LogP contribution in [0.4, 0.5) is 10.7 Å². The number of nitrogens with zero attached hydrogens (tertiary/aromatic N) is 3. The van der Waals surface area contributed by atoms with Crippen molar-refractivity contribution in [2.75, 3.05) is 50.4 Å². The first-order valence-corrected chi connectivity index (χ1v) is 7.45. The zero-order valence-electron chi connectivity index (χ0n) is 11.8. The van der Waals surface area contributed by atoms with Gasteiger partial charge in [0.15, 0.2) is 0 Å². The van der Waals surface area contributed by atoms with Gasteiger partial charge in [-0.15, -0.1) is 11.3 Å². The number of piperazine rings is 1. The minimum absolute atomic E-state index is 0.229. The van der Waals surface area contributed by atoms with E-state index in [4.69, 9.17) is 11.0 Å². The van der Waals surface area contributed by atoms with Crippen LogP contribution in [-0.4, -0.2) is 50.6 Å².